The molecule has 6 nitrogen and oxygen atoms in total. The van der Waals surface area contributed by atoms with Crippen molar-refractivity contribution in [2.24, 2.45) is 0 Å². The Balaban J connectivity index is 4.22. The number of hydrogen-bond donors (Lipinski definition) is 3. The van der Waals surface area contributed by atoms with E-state index >= 15 is 0 Å². The van der Waals surface area contributed by atoms with Gasteiger partial charge in [-0.15, -0.1) is 0 Å². The first-order valence-corrected chi connectivity index (χ1v) is 17.6. The Morgan fingerprint density at radius 1 is 0.683 bits per heavy atom. The van der Waals surface area contributed by atoms with Crippen molar-refractivity contribution in [2.45, 2.75) is 142 Å². The molecule has 0 aliphatic heterocycles. The van der Waals surface area contributed by atoms with Crippen LogP contribution in [0.1, 0.15) is 129 Å². The first kappa shape index (κ1) is 39.0. The zero-order valence-electron chi connectivity index (χ0n) is 25.9. The van der Waals surface area contributed by atoms with Gasteiger partial charge in [0.1, 0.15) is 0 Å². The van der Waals surface area contributed by atoms with Gasteiger partial charge in [-0.1, -0.05) is 139 Å². The molecule has 41 heavy (non-hydrogen) atoms. The Morgan fingerprint density at radius 3 is 1.68 bits per heavy atom. The highest BCUT2D eigenvalue weighted by molar-refractivity contribution is 7.85. The molecule has 0 rings (SSSR count). The summed E-state index contributed by atoms with van der Waals surface area (Å²) in [5.74, 6) is -1.09. The Kier molecular flexibility index (Phi) is 26.8. The molecule has 0 aromatic rings. The quantitative estimate of drug-likeness (QED) is 0.0503. The molecule has 0 aliphatic carbocycles. The predicted molar refractivity (Wildman–Crippen MR) is 175 cm³/mol. The highest BCUT2D eigenvalue weighted by Gasteiger charge is 2.24. The molecular weight excluding hydrogens is 534 g/mol. The first-order valence-electron chi connectivity index (χ1n) is 16.0. The van der Waals surface area contributed by atoms with Crippen LogP contribution in [-0.4, -0.2) is 41.9 Å². The van der Waals surface area contributed by atoms with Crippen LogP contribution in [0.3, 0.4) is 0 Å². The molecule has 0 radical (unpaired) electrons. The van der Waals surface area contributed by atoms with Crippen LogP contribution in [-0.2, 0) is 14.9 Å². The maximum atomic E-state index is 12.4. The van der Waals surface area contributed by atoms with E-state index in [1.165, 1.54) is 63.9 Å². The van der Waals surface area contributed by atoms with Crippen LogP contribution < -0.4 is 5.32 Å². The third-order valence-electron chi connectivity index (χ3n) is 6.71. The van der Waals surface area contributed by atoms with Gasteiger partial charge in [0.05, 0.1) is 17.9 Å². The lowest BCUT2D eigenvalue weighted by Crippen LogP contribution is -2.46. The highest BCUT2D eigenvalue weighted by atomic mass is 32.2. The summed E-state index contributed by atoms with van der Waals surface area (Å²) in [6.45, 7) is 4.36. The minimum absolute atomic E-state index is 0.172. The second-order valence-corrected chi connectivity index (χ2v) is 12.2. The minimum Gasteiger partial charge on any atom is -0.387 e. The molecule has 0 saturated heterocycles. The fraction of sp³-hybridized carbons (Fsp3) is 0.676. The van der Waals surface area contributed by atoms with E-state index < -0.39 is 28.0 Å². The summed E-state index contributed by atoms with van der Waals surface area (Å²) in [7, 11) is -4.36. The number of amides is 1. The number of allylic oxidation sites excluding steroid dienone is 9. The van der Waals surface area contributed by atoms with E-state index in [1.54, 1.807) is 0 Å². The van der Waals surface area contributed by atoms with Gasteiger partial charge >= 0.3 is 0 Å². The van der Waals surface area contributed by atoms with Crippen LogP contribution in [0.15, 0.2) is 60.8 Å². The molecule has 0 fully saturated rings. The third-order valence-corrected chi connectivity index (χ3v) is 7.49. The minimum atomic E-state index is -4.36. The van der Waals surface area contributed by atoms with Crippen molar-refractivity contribution < 1.29 is 22.9 Å². The average molecular weight is 594 g/mol. The van der Waals surface area contributed by atoms with E-state index in [1.807, 2.05) is 18.2 Å². The van der Waals surface area contributed by atoms with Crippen molar-refractivity contribution in [2.75, 3.05) is 5.75 Å². The molecule has 2 atom stereocenters. The van der Waals surface area contributed by atoms with E-state index in [0.717, 1.165) is 44.9 Å². The maximum Gasteiger partial charge on any atom is 0.267 e. The molecule has 1 amide bonds. The molecule has 7 heteroatoms. The predicted octanol–water partition coefficient (Wildman–Crippen LogP) is 8.56. The SMILES string of the molecule is CC/C=C\C/C=C\C/C=C\C/C=C\CCC(=O)NC(CS(=O)(=O)O)C(O)/C=C/CCCCCCCCCCCCC. The molecule has 0 saturated carbocycles. The van der Waals surface area contributed by atoms with E-state index in [4.69, 9.17) is 0 Å². The molecule has 3 N–H and O–H groups in total. The van der Waals surface area contributed by atoms with Gasteiger partial charge in [0, 0.05) is 6.42 Å². The summed E-state index contributed by atoms with van der Waals surface area (Å²) in [5.41, 5.74) is 0. The summed E-state index contributed by atoms with van der Waals surface area (Å²) in [4.78, 5) is 12.4. The maximum absolute atomic E-state index is 12.4. The van der Waals surface area contributed by atoms with Crippen LogP contribution in [0.4, 0.5) is 0 Å². The van der Waals surface area contributed by atoms with Crippen LogP contribution >= 0.6 is 0 Å². The number of carbonyl (C=O) groups is 1. The van der Waals surface area contributed by atoms with Crippen molar-refractivity contribution in [3.8, 4) is 0 Å². The molecule has 0 aromatic heterocycles. The lowest BCUT2D eigenvalue weighted by atomic mass is 10.0. The van der Waals surface area contributed by atoms with E-state index in [-0.39, 0.29) is 12.3 Å². The smallest absolute Gasteiger partial charge is 0.267 e. The van der Waals surface area contributed by atoms with Crippen molar-refractivity contribution in [1.29, 1.82) is 0 Å². The molecule has 0 spiro atoms. The Labute approximate surface area is 251 Å². The highest BCUT2D eigenvalue weighted by Crippen LogP contribution is 2.12. The second kappa shape index (κ2) is 28.2. The van der Waals surface area contributed by atoms with Crippen molar-refractivity contribution in [3.63, 3.8) is 0 Å². The molecule has 0 aromatic carbocycles. The van der Waals surface area contributed by atoms with Crippen LogP contribution in [0.2, 0.25) is 0 Å². The van der Waals surface area contributed by atoms with Crippen LogP contribution in [0.5, 0.6) is 0 Å². The third kappa shape index (κ3) is 29.3. The molecular formula is C34H59NO5S. The number of aliphatic hydroxyl groups excluding tert-OH is 1. The zero-order chi connectivity index (χ0) is 30.4. The second-order valence-electron chi connectivity index (χ2n) is 10.7. The van der Waals surface area contributed by atoms with Crippen LogP contribution in [0, 0.1) is 0 Å². The van der Waals surface area contributed by atoms with E-state index in [0.29, 0.717) is 6.42 Å². The van der Waals surface area contributed by atoms with Gasteiger partial charge in [0.15, 0.2) is 0 Å². The summed E-state index contributed by atoms with van der Waals surface area (Å²) in [5, 5.41) is 13.0. The van der Waals surface area contributed by atoms with Gasteiger partial charge in [-0.3, -0.25) is 9.35 Å². The summed E-state index contributed by atoms with van der Waals surface area (Å²) >= 11 is 0. The Bertz CT molecular complexity index is 874. The zero-order valence-corrected chi connectivity index (χ0v) is 26.7. The van der Waals surface area contributed by atoms with Gasteiger partial charge < -0.3 is 10.4 Å². The largest absolute Gasteiger partial charge is 0.387 e. The van der Waals surface area contributed by atoms with E-state index in [9.17, 15) is 22.9 Å². The lowest BCUT2D eigenvalue weighted by molar-refractivity contribution is -0.122. The number of carbonyl (C=O) groups excluding carboxylic acids is 1. The lowest BCUT2D eigenvalue weighted by Gasteiger charge is -2.20. The Hall–Kier alpha value is -1.96. The molecule has 0 aliphatic rings. The van der Waals surface area contributed by atoms with Crippen LogP contribution in [0.25, 0.3) is 0 Å². The molecule has 2 unspecified atom stereocenters. The average Bonchev–Trinajstić information content (AvgIpc) is 2.92. The summed E-state index contributed by atoms with van der Waals surface area (Å²) in [6.07, 6.45) is 37.8. The number of unbranched alkanes of at least 4 members (excludes halogenated alkanes) is 11. The number of nitrogens with one attached hydrogen (secondary N) is 1. The fourth-order valence-electron chi connectivity index (χ4n) is 4.34. The normalized spacial score (nSPS) is 14.3. The summed E-state index contributed by atoms with van der Waals surface area (Å²) in [6, 6.07) is -1.09. The standard InChI is InChI=1S/C34H59NO5S/c1-3-5-7-9-11-13-15-17-19-21-23-25-27-29-33(36)32(31-41(38,39)40)35-34(37)30-28-26-24-22-20-18-16-14-12-10-8-6-4-2/h6,8,12,14,18,20,24,26-27,29,32-33,36H,3-5,7,9-11,13,15-17,19,21-23,25,28,30-31H2,1-2H3,(H,35,37)(H,38,39,40)/b8-6-,14-12-,20-18-,26-24-,29-27+. The number of aliphatic hydroxyl groups is 1. The van der Waals surface area contributed by atoms with Crippen molar-refractivity contribution >= 4 is 16.0 Å². The van der Waals surface area contributed by atoms with Crippen molar-refractivity contribution in [1.82, 2.24) is 5.32 Å². The number of hydrogen-bond acceptors (Lipinski definition) is 4. The van der Waals surface area contributed by atoms with E-state index in [2.05, 4.69) is 55.6 Å². The number of rotatable bonds is 27. The monoisotopic (exact) mass is 593 g/mol. The van der Waals surface area contributed by atoms with Gasteiger partial charge in [-0.2, -0.15) is 8.42 Å². The molecule has 0 heterocycles. The molecule has 236 valence electrons. The van der Waals surface area contributed by atoms with Crippen molar-refractivity contribution in [3.05, 3.63) is 60.8 Å². The van der Waals surface area contributed by atoms with Gasteiger partial charge in [-0.25, -0.2) is 0 Å². The van der Waals surface area contributed by atoms with Gasteiger partial charge in [-0.05, 0) is 44.9 Å². The first-order chi connectivity index (χ1) is 19.8. The summed E-state index contributed by atoms with van der Waals surface area (Å²) < 4.78 is 32.2. The Morgan fingerprint density at radius 2 is 1.17 bits per heavy atom. The topological polar surface area (TPSA) is 104 Å². The van der Waals surface area contributed by atoms with Gasteiger partial charge in [0.25, 0.3) is 10.1 Å². The fourth-order valence-corrected chi connectivity index (χ4v) is 5.07. The van der Waals surface area contributed by atoms with Gasteiger partial charge in [0.2, 0.25) is 5.91 Å². The molecule has 0 bridgehead atoms.